The van der Waals surface area contributed by atoms with Crippen LogP contribution in [0.15, 0.2) is 36.2 Å². The SMILES string of the molecule is FC=C(CCl)CCc1ccc(F)cc1. The lowest BCUT2D eigenvalue weighted by Crippen LogP contribution is -1.90. The van der Waals surface area contributed by atoms with Gasteiger partial charge in [-0.3, -0.25) is 0 Å². The van der Waals surface area contributed by atoms with E-state index in [9.17, 15) is 8.78 Å². The summed E-state index contributed by atoms with van der Waals surface area (Å²) in [5.74, 6) is -0.0510. The highest BCUT2D eigenvalue weighted by Gasteiger charge is 1.98. The zero-order valence-electron chi connectivity index (χ0n) is 7.64. The molecular weight excluding hydrogens is 206 g/mol. The minimum absolute atomic E-state index is 0.206. The summed E-state index contributed by atoms with van der Waals surface area (Å²) >= 11 is 5.49. The van der Waals surface area contributed by atoms with Gasteiger partial charge in [0.1, 0.15) is 5.82 Å². The summed E-state index contributed by atoms with van der Waals surface area (Å²) in [5.41, 5.74) is 1.55. The highest BCUT2D eigenvalue weighted by atomic mass is 35.5. The van der Waals surface area contributed by atoms with Gasteiger partial charge >= 0.3 is 0 Å². The van der Waals surface area contributed by atoms with Crippen molar-refractivity contribution in [1.29, 1.82) is 0 Å². The third-order valence-corrected chi connectivity index (χ3v) is 2.32. The largest absolute Gasteiger partial charge is 0.216 e. The Morgan fingerprint density at radius 3 is 2.43 bits per heavy atom. The summed E-state index contributed by atoms with van der Waals surface area (Å²) in [6, 6.07) is 6.18. The normalized spacial score (nSPS) is 11.8. The first-order valence-corrected chi connectivity index (χ1v) is 4.88. The van der Waals surface area contributed by atoms with E-state index in [4.69, 9.17) is 11.6 Å². The van der Waals surface area contributed by atoms with Gasteiger partial charge in [0.25, 0.3) is 0 Å². The molecule has 0 amide bonds. The van der Waals surface area contributed by atoms with Crippen LogP contribution in [0, 0.1) is 5.82 Å². The summed E-state index contributed by atoms with van der Waals surface area (Å²) in [7, 11) is 0. The van der Waals surface area contributed by atoms with Crippen LogP contribution in [0.4, 0.5) is 8.78 Å². The molecule has 0 radical (unpaired) electrons. The van der Waals surface area contributed by atoms with Crippen molar-refractivity contribution in [3.63, 3.8) is 0 Å². The third-order valence-electron chi connectivity index (χ3n) is 1.97. The van der Waals surface area contributed by atoms with Crippen molar-refractivity contribution < 1.29 is 8.78 Å². The van der Waals surface area contributed by atoms with E-state index in [1.165, 1.54) is 12.1 Å². The second kappa shape index (κ2) is 5.76. The summed E-state index contributed by atoms with van der Waals surface area (Å²) in [4.78, 5) is 0. The lowest BCUT2D eigenvalue weighted by atomic mass is 10.1. The number of hydrogen-bond donors (Lipinski definition) is 0. The number of alkyl halides is 1. The molecule has 0 saturated carbocycles. The highest BCUT2D eigenvalue weighted by Crippen LogP contribution is 2.11. The average Bonchev–Trinajstić information content (AvgIpc) is 2.22. The first kappa shape index (κ1) is 11.2. The molecule has 1 rings (SSSR count). The van der Waals surface area contributed by atoms with Crippen LogP contribution in [-0.2, 0) is 6.42 Å². The first-order valence-electron chi connectivity index (χ1n) is 4.35. The second-order valence-corrected chi connectivity index (χ2v) is 3.29. The van der Waals surface area contributed by atoms with Crippen LogP contribution in [-0.4, -0.2) is 5.88 Å². The second-order valence-electron chi connectivity index (χ2n) is 3.03. The van der Waals surface area contributed by atoms with Gasteiger partial charge in [-0.1, -0.05) is 12.1 Å². The van der Waals surface area contributed by atoms with E-state index < -0.39 is 0 Å². The fourth-order valence-corrected chi connectivity index (χ4v) is 1.30. The molecule has 0 aliphatic heterocycles. The van der Waals surface area contributed by atoms with Gasteiger partial charge in [-0.15, -0.1) is 11.6 Å². The predicted molar refractivity (Wildman–Crippen MR) is 54.6 cm³/mol. The first-order chi connectivity index (χ1) is 6.76. The lowest BCUT2D eigenvalue weighted by molar-refractivity contribution is 0.627. The van der Waals surface area contributed by atoms with E-state index in [1.807, 2.05) is 0 Å². The van der Waals surface area contributed by atoms with Crippen LogP contribution >= 0.6 is 11.6 Å². The van der Waals surface area contributed by atoms with Crippen molar-refractivity contribution in [2.24, 2.45) is 0 Å². The highest BCUT2D eigenvalue weighted by molar-refractivity contribution is 6.19. The van der Waals surface area contributed by atoms with Crippen LogP contribution in [0.25, 0.3) is 0 Å². The molecule has 0 fully saturated rings. The van der Waals surface area contributed by atoms with Gasteiger partial charge in [-0.05, 0) is 36.1 Å². The Morgan fingerprint density at radius 2 is 1.93 bits per heavy atom. The maximum Gasteiger partial charge on any atom is 0.123 e. The molecule has 1 aromatic rings. The molecule has 76 valence electrons. The molecular formula is C11H11ClF2. The number of halogens is 3. The standard InChI is InChI=1S/C11H11ClF2/c12-7-10(8-13)2-1-9-3-5-11(14)6-4-9/h3-6,8H,1-2,7H2. The summed E-state index contributed by atoms with van der Waals surface area (Å²) < 4.78 is 24.6. The number of allylic oxidation sites excluding steroid dienone is 1. The van der Waals surface area contributed by atoms with Gasteiger partial charge in [0.05, 0.1) is 6.33 Å². The van der Waals surface area contributed by atoms with Crippen LogP contribution in [0.3, 0.4) is 0 Å². The van der Waals surface area contributed by atoms with Gasteiger partial charge in [0.15, 0.2) is 0 Å². The molecule has 0 aromatic heterocycles. The van der Waals surface area contributed by atoms with Crippen molar-refractivity contribution >= 4 is 11.6 Å². The summed E-state index contributed by atoms with van der Waals surface area (Å²) in [6.07, 6.45) is 1.80. The smallest absolute Gasteiger partial charge is 0.123 e. The van der Waals surface area contributed by atoms with Gasteiger partial charge in [-0.25, -0.2) is 8.78 Å². The molecule has 0 spiro atoms. The third kappa shape index (κ3) is 3.46. The fraction of sp³-hybridized carbons (Fsp3) is 0.273. The summed E-state index contributed by atoms with van der Waals surface area (Å²) in [6.45, 7) is 0. The van der Waals surface area contributed by atoms with Crippen LogP contribution in [0.1, 0.15) is 12.0 Å². The molecule has 0 unspecified atom stereocenters. The van der Waals surface area contributed by atoms with Gasteiger partial charge in [-0.2, -0.15) is 0 Å². The van der Waals surface area contributed by atoms with E-state index in [1.54, 1.807) is 12.1 Å². The lowest BCUT2D eigenvalue weighted by Gasteiger charge is -2.01. The van der Waals surface area contributed by atoms with E-state index >= 15 is 0 Å². The Balaban J connectivity index is 2.49. The molecule has 0 nitrogen and oxygen atoms in total. The zero-order chi connectivity index (χ0) is 10.4. The number of rotatable bonds is 4. The Kier molecular flexibility index (Phi) is 4.60. The molecule has 0 heterocycles. The fourth-order valence-electron chi connectivity index (χ4n) is 1.11. The maximum absolute atomic E-state index is 12.5. The minimum atomic E-state index is -0.257. The van der Waals surface area contributed by atoms with Crippen LogP contribution in [0.5, 0.6) is 0 Å². The molecule has 0 bridgehead atoms. The Bertz CT molecular complexity index is 304. The number of benzene rings is 1. The van der Waals surface area contributed by atoms with Gasteiger partial charge in [0, 0.05) is 5.88 Å². The van der Waals surface area contributed by atoms with E-state index in [-0.39, 0.29) is 11.7 Å². The topological polar surface area (TPSA) is 0 Å². The Hall–Kier alpha value is -0.890. The van der Waals surface area contributed by atoms with E-state index in [0.717, 1.165) is 5.56 Å². The van der Waals surface area contributed by atoms with Crippen molar-refractivity contribution in [2.75, 3.05) is 5.88 Å². The van der Waals surface area contributed by atoms with Crippen LogP contribution < -0.4 is 0 Å². The van der Waals surface area contributed by atoms with Crippen molar-refractivity contribution in [2.45, 2.75) is 12.8 Å². The number of hydrogen-bond acceptors (Lipinski definition) is 0. The quantitative estimate of drug-likeness (QED) is 0.671. The molecule has 0 atom stereocenters. The maximum atomic E-state index is 12.5. The molecule has 1 aromatic carbocycles. The Labute approximate surface area is 87.2 Å². The molecule has 3 heteroatoms. The minimum Gasteiger partial charge on any atom is -0.216 e. The molecule has 0 N–H and O–H groups in total. The zero-order valence-corrected chi connectivity index (χ0v) is 8.40. The molecule has 0 saturated heterocycles. The number of aryl methyl sites for hydroxylation is 1. The van der Waals surface area contributed by atoms with E-state index in [0.29, 0.717) is 24.7 Å². The predicted octanol–water partition coefficient (Wildman–Crippen LogP) is 3.85. The van der Waals surface area contributed by atoms with Crippen LogP contribution in [0.2, 0.25) is 0 Å². The van der Waals surface area contributed by atoms with Crippen molar-refractivity contribution in [3.8, 4) is 0 Å². The van der Waals surface area contributed by atoms with Gasteiger partial charge < -0.3 is 0 Å². The molecule has 0 aliphatic carbocycles. The Morgan fingerprint density at radius 1 is 1.29 bits per heavy atom. The van der Waals surface area contributed by atoms with Crippen molar-refractivity contribution in [3.05, 3.63) is 47.5 Å². The summed E-state index contributed by atoms with van der Waals surface area (Å²) in [5, 5.41) is 0. The molecule has 14 heavy (non-hydrogen) atoms. The average molecular weight is 217 g/mol. The molecule has 0 aliphatic rings. The van der Waals surface area contributed by atoms with E-state index in [2.05, 4.69) is 0 Å². The van der Waals surface area contributed by atoms with Crippen molar-refractivity contribution in [1.82, 2.24) is 0 Å². The van der Waals surface area contributed by atoms with Gasteiger partial charge in [0.2, 0.25) is 0 Å². The monoisotopic (exact) mass is 216 g/mol.